The molecular formula is C21H20N2O5. The van der Waals surface area contributed by atoms with E-state index in [1.807, 2.05) is 42.5 Å². The highest BCUT2D eigenvalue weighted by Crippen LogP contribution is 2.32. The van der Waals surface area contributed by atoms with E-state index >= 15 is 0 Å². The molecule has 2 aromatic rings. The molecule has 144 valence electrons. The van der Waals surface area contributed by atoms with Gasteiger partial charge in [0, 0.05) is 24.7 Å². The molecule has 0 aromatic heterocycles. The number of anilines is 1. The van der Waals surface area contributed by atoms with Crippen molar-refractivity contribution in [1.82, 2.24) is 5.32 Å². The van der Waals surface area contributed by atoms with Crippen LogP contribution < -0.4 is 24.4 Å². The van der Waals surface area contributed by atoms with Crippen LogP contribution in [0.5, 0.6) is 17.2 Å². The van der Waals surface area contributed by atoms with Gasteiger partial charge in [0.15, 0.2) is 11.5 Å². The minimum absolute atomic E-state index is 0.0183. The third-order valence-electron chi connectivity index (χ3n) is 4.68. The lowest BCUT2D eigenvalue weighted by atomic mass is 10.2. The Hall–Kier alpha value is -3.48. The summed E-state index contributed by atoms with van der Waals surface area (Å²) in [5, 5.41) is 2.89. The van der Waals surface area contributed by atoms with Gasteiger partial charge in [0.1, 0.15) is 5.75 Å². The zero-order chi connectivity index (χ0) is 19.5. The number of hydrogen-bond acceptors (Lipinski definition) is 5. The molecular weight excluding hydrogens is 360 g/mol. The zero-order valence-electron chi connectivity index (χ0n) is 15.4. The van der Waals surface area contributed by atoms with Crippen LogP contribution in [-0.2, 0) is 9.59 Å². The number of carbonyl (C=O) groups is 2. The molecule has 1 saturated heterocycles. The largest absolute Gasteiger partial charge is 0.497 e. The fourth-order valence-corrected chi connectivity index (χ4v) is 3.25. The average molecular weight is 380 g/mol. The van der Waals surface area contributed by atoms with Gasteiger partial charge in [0.2, 0.25) is 18.6 Å². The maximum absolute atomic E-state index is 12.3. The van der Waals surface area contributed by atoms with Crippen molar-refractivity contribution in [2.75, 3.05) is 25.3 Å². The molecule has 2 heterocycles. The van der Waals surface area contributed by atoms with Crippen LogP contribution in [-0.4, -0.2) is 38.3 Å². The highest BCUT2D eigenvalue weighted by atomic mass is 16.7. The van der Waals surface area contributed by atoms with E-state index in [1.54, 1.807) is 18.1 Å². The normalized spacial score (nSPS) is 18.0. The second kappa shape index (κ2) is 7.64. The van der Waals surface area contributed by atoms with Crippen LogP contribution in [0.25, 0.3) is 6.08 Å². The molecule has 0 aliphatic carbocycles. The van der Waals surface area contributed by atoms with Crippen LogP contribution in [0.2, 0.25) is 0 Å². The molecule has 0 saturated carbocycles. The Morgan fingerprint density at radius 1 is 1.18 bits per heavy atom. The third-order valence-corrected chi connectivity index (χ3v) is 4.68. The quantitative estimate of drug-likeness (QED) is 0.806. The van der Waals surface area contributed by atoms with Crippen LogP contribution in [0, 0.1) is 0 Å². The second-order valence-electron chi connectivity index (χ2n) is 6.56. The lowest BCUT2D eigenvalue weighted by Gasteiger charge is -2.17. The van der Waals surface area contributed by atoms with Crippen LogP contribution >= 0.6 is 0 Å². The lowest BCUT2D eigenvalue weighted by molar-refractivity contribution is -0.117. The number of rotatable bonds is 5. The zero-order valence-corrected chi connectivity index (χ0v) is 15.4. The molecule has 7 nitrogen and oxygen atoms in total. The van der Waals surface area contributed by atoms with Crippen molar-refractivity contribution in [3.05, 3.63) is 54.1 Å². The Bertz CT molecular complexity index is 923. The maximum Gasteiger partial charge on any atom is 0.244 e. The molecule has 2 aliphatic heterocycles. The van der Waals surface area contributed by atoms with Gasteiger partial charge in [-0.3, -0.25) is 9.59 Å². The van der Waals surface area contributed by atoms with Gasteiger partial charge in [0.25, 0.3) is 0 Å². The van der Waals surface area contributed by atoms with E-state index in [1.165, 1.54) is 6.08 Å². The smallest absolute Gasteiger partial charge is 0.244 e. The number of fused-ring (bicyclic) bond motifs is 1. The lowest BCUT2D eigenvalue weighted by Crippen LogP contribution is -2.36. The van der Waals surface area contributed by atoms with E-state index in [-0.39, 0.29) is 31.1 Å². The fraction of sp³-hybridized carbons (Fsp3) is 0.238. The topological polar surface area (TPSA) is 77.1 Å². The molecule has 0 bridgehead atoms. The molecule has 1 N–H and O–H groups in total. The molecule has 0 radical (unpaired) electrons. The molecule has 1 unspecified atom stereocenters. The minimum Gasteiger partial charge on any atom is -0.497 e. The van der Waals surface area contributed by atoms with Gasteiger partial charge >= 0.3 is 0 Å². The van der Waals surface area contributed by atoms with E-state index in [2.05, 4.69) is 5.32 Å². The summed E-state index contributed by atoms with van der Waals surface area (Å²) < 4.78 is 15.7. The van der Waals surface area contributed by atoms with Crippen LogP contribution in [0.4, 0.5) is 5.69 Å². The Morgan fingerprint density at radius 2 is 1.96 bits per heavy atom. The number of amides is 2. The van der Waals surface area contributed by atoms with E-state index in [4.69, 9.17) is 14.2 Å². The summed E-state index contributed by atoms with van der Waals surface area (Å²) in [6.07, 6.45) is 3.43. The molecule has 7 heteroatoms. The number of benzene rings is 2. The molecule has 2 aliphatic rings. The van der Waals surface area contributed by atoms with Gasteiger partial charge in [-0.2, -0.15) is 0 Å². The van der Waals surface area contributed by atoms with Crippen LogP contribution in [0.15, 0.2) is 48.5 Å². The Balaban J connectivity index is 1.35. The van der Waals surface area contributed by atoms with Crippen molar-refractivity contribution in [2.24, 2.45) is 0 Å². The molecule has 28 heavy (non-hydrogen) atoms. The van der Waals surface area contributed by atoms with Crippen molar-refractivity contribution in [3.8, 4) is 17.2 Å². The number of nitrogens with zero attached hydrogens (tertiary/aromatic N) is 1. The van der Waals surface area contributed by atoms with Crippen molar-refractivity contribution < 1.29 is 23.8 Å². The first-order valence-corrected chi connectivity index (χ1v) is 8.95. The van der Waals surface area contributed by atoms with E-state index in [0.29, 0.717) is 18.0 Å². The summed E-state index contributed by atoms with van der Waals surface area (Å²) in [4.78, 5) is 26.2. The number of carbonyl (C=O) groups excluding carboxylic acids is 2. The first-order chi connectivity index (χ1) is 13.6. The number of nitrogens with one attached hydrogen (secondary N) is 1. The first kappa shape index (κ1) is 17.9. The van der Waals surface area contributed by atoms with Gasteiger partial charge in [0.05, 0.1) is 13.2 Å². The Kier molecular flexibility index (Phi) is 4.89. The summed E-state index contributed by atoms with van der Waals surface area (Å²) >= 11 is 0. The first-order valence-electron chi connectivity index (χ1n) is 8.95. The average Bonchev–Trinajstić information content (AvgIpc) is 3.32. The third kappa shape index (κ3) is 3.78. The minimum atomic E-state index is -0.243. The summed E-state index contributed by atoms with van der Waals surface area (Å²) in [6.45, 7) is 0.651. The Labute approximate surface area is 162 Å². The number of methoxy groups -OCH3 is 1. The van der Waals surface area contributed by atoms with Gasteiger partial charge in [-0.1, -0.05) is 6.07 Å². The van der Waals surface area contributed by atoms with Gasteiger partial charge in [-0.15, -0.1) is 0 Å². The highest BCUT2D eigenvalue weighted by Gasteiger charge is 2.31. The molecule has 2 aromatic carbocycles. The summed E-state index contributed by atoms with van der Waals surface area (Å²) in [7, 11) is 1.60. The molecule has 2 amide bonds. The number of hydrogen-bond donors (Lipinski definition) is 1. The summed E-state index contributed by atoms with van der Waals surface area (Å²) in [6, 6.07) is 12.5. The van der Waals surface area contributed by atoms with Crippen LogP contribution in [0.3, 0.4) is 0 Å². The summed E-state index contributed by atoms with van der Waals surface area (Å²) in [5.41, 5.74) is 1.63. The maximum atomic E-state index is 12.3. The predicted molar refractivity (Wildman–Crippen MR) is 103 cm³/mol. The standard InChI is InChI=1S/C21H20N2O5/c1-26-17-6-4-16(5-7-17)23-12-15(11-21(23)25)22-20(24)9-3-14-2-8-18-19(10-14)28-13-27-18/h2-10,15H,11-13H2,1H3,(H,22,24). The Morgan fingerprint density at radius 3 is 2.75 bits per heavy atom. The van der Waals surface area contributed by atoms with E-state index < -0.39 is 0 Å². The highest BCUT2D eigenvalue weighted by molar-refractivity contribution is 5.98. The van der Waals surface area contributed by atoms with E-state index in [9.17, 15) is 9.59 Å². The fourth-order valence-electron chi connectivity index (χ4n) is 3.25. The molecule has 4 rings (SSSR count). The predicted octanol–water partition coefficient (Wildman–Crippen LogP) is 2.36. The monoisotopic (exact) mass is 380 g/mol. The second-order valence-corrected chi connectivity index (χ2v) is 6.56. The molecule has 1 atom stereocenters. The molecule has 0 spiro atoms. The van der Waals surface area contributed by atoms with Crippen molar-refractivity contribution in [2.45, 2.75) is 12.5 Å². The van der Waals surface area contributed by atoms with Crippen molar-refractivity contribution >= 4 is 23.6 Å². The van der Waals surface area contributed by atoms with Crippen molar-refractivity contribution in [3.63, 3.8) is 0 Å². The molecule has 1 fully saturated rings. The van der Waals surface area contributed by atoms with Gasteiger partial charge < -0.3 is 24.4 Å². The van der Waals surface area contributed by atoms with Crippen LogP contribution in [0.1, 0.15) is 12.0 Å². The SMILES string of the molecule is COc1ccc(N2CC(NC(=O)C=Cc3ccc4c(c3)OCO4)CC2=O)cc1. The summed E-state index contributed by atoms with van der Waals surface area (Å²) in [5.74, 6) is 1.83. The van der Waals surface area contributed by atoms with Gasteiger partial charge in [-0.05, 0) is 48.0 Å². The van der Waals surface area contributed by atoms with Gasteiger partial charge in [-0.25, -0.2) is 0 Å². The van der Waals surface area contributed by atoms with E-state index in [0.717, 1.165) is 17.0 Å². The van der Waals surface area contributed by atoms with Crippen molar-refractivity contribution in [1.29, 1.82) is 0 Å². The number of ether oxygens (including phenoxy) is 3.